The maximum absolute atomic E-state index is 5.47. The van der Waals surface area contributed by atoms with Crippen molar-refractivity contribution >= 4 is 5.95 Å². The van der Waals surface area contributed by atoms with Crippen LogP contribution in [0.15, 0.2) is 34.9 Å². The van der Waals surface area contributed by atoms with Gasteiger partial charge in [0, 0.05) is 31.6 Å². The number of hydrogen-bond donors (Lipinski definition) is 0. The lowest BCUT2D eigenvalue weighted by Gasteiger charge is -2.31. The van der Waals surface area contributed by atoms with E-state index in [0.717, 1.165) is 49.7 Å². The van der Waals surface area contributed by atoms with Gasteiger partial charge in [-0.2, -0.15) is 4.98 Å². The van der Waals surface area contributed by atoms with Crippen LogP contribution >= 0.6 is 0 Å². The van der Waals surface area contributed by atoms with Gasteiger partial charge in [0.05, 0.1) is 6.54 Å². The highest BCUT2D eigenvalue weighted by molar-refractivity contribution is 5.54. The van der Waals surface area contributed by atoms with Crippen LogP contribution in [-0.4, -0.2) is 57.0 Å². The normalized spacial score (nSPS) is 17.6. The molecule has 2 aromatic heterocycles. The molecular formula is C19H25N7O. The summed E-state index contributed by atoms with van der Waals surface area (Å²) in [4.78, 5) is 8.89. The fraction of sp³-hybridized carbons (Fsp3) is 0.474. The van der Waals surface area contributed by atoms with Crippen LogP contribution in [0.25, 0.3) is 11.5 Å². The Kier molecular flexibility index (Phi) is 4.89. The number of piperidine rings is 1. The second-order valence-corrected chi connectivity index (χ2v) is 7.32. The summed E-state index contributed by atoms with van der Waals surface area (Å²) in [6.07, 6.45) is 2.16. The molecule has 1 saturated heterocycles. The van der Waals surface area contributed by atoms with E-state index in [1.54, 1.807) is 0 Å². The summed E-state index contributed by atoms with van der Waals surface area (Å²) in [5.41, 5.74) is 0.937. The van der Waals surface area contributed by atoms with Gasteiger partial charge in [-0.25, -0.2) is 0 Å². The van der Waals surface area contributed by atoms with E-state index in [1.165, 1.54) is 0 Å². The van der Waals surface area contributed by atoms with Crippen LogP contribution in [0.1, 0.15) is 30.4 Å². The molecule has 3 heterocycles. The summed E-state index contributed by atoms with van der Waals surface area (Å²) >= 11 is 0. The maximum atomic E-state index is 5.47. The minimum Gasteiger partial charge on any atom is -0.337 e. The summed E-state index contributed by atoms with van der Waals surface area (Å²) in [6.45, 7) is 2.53. The molecule has 4 rings (SSSR count). The van der Waals surface area contributed by atoms with Crippen molar-refractivity contribution in [3.63, 3.8) is 0 Å². The molecule has 1 fully saturated rings. The predicted molar refractivity (Wildman–Crippen MR) is 102 cm³/mol. The van der Waals surface area contributed by atoms with Crippen LogP contribution in [-0.2, 0) is 13.6 Å². The second kappa shape index (κ2) is 7.48. The first-order valence-electron chi connectivity index (χ1n) is 9.29. The number of anilines is 1. The van der Waals surface area contributed by atoms with E-state index < -0.39 is 0 Å². The van der Waals surface area contributed by atoms with Crippen molar-refractivity contribution in [2.75, 3.05) is 32.1 Å². The highest BCUT2D eigenvalue weighted by atomic mass is 16.5. The molecule has 1 aromatic carbocycles. The fourth-order valence-corrected chi connectivity index (χ4v) is 3.56. The Morgan fingerprint density at radius 3 is 2.78 bits per heavy atom. The molecule has 8 nitrogen and oxygen atoms in total. The Morgan fingerprint density at radius 1 is 1.19 bits per heavy atom. The minimum absolute atomic E-state index is 0.311. The molecule has 8 heteroatoms. The Hall–Kier alpha value is -2.74. The molecule has 0 bridgehead atoms. The van der Waals surface area contributed by atoms with Crippen LogP contribution < -0.4 is 4.90 Å². The molecule has 0 saturated carbocycles. The van der Waals surface area contributed by atoms with E-state index in [0.29, 0.717) is 17.8 Å². The van der Waals surface area contributed by atoms with E-state index >= 15 is 0 Å². The molecule has 1 atom stereocenters. The first-order valence-corrected chi connectivity index (χ1v) is 9.29. The molecule has 0 N–H and O–H groups in total. The topological polar surface area (TPSA) is 76.1 Å². The molecule has 27 heavy (non-hydrogen) atoms. The fourth-order valence-electron chi connectivity index (χ4n) is 3.56. The SMILES string of the molecule is CN(C)Cc1nnc([C@@H]2CCCN(c3noc(-c4ccccc4)n3)C2)n1C. The number of benzene rings is 1. The Bertz CT molecular complexity index is 887. The van der Waals surface area contributed by atoms with Crippen LogP contribution in [0, 0.1) is 0 Å². The van der Waals surface area contributed by atoms with Crippen LogP contribution in [0.2, 0.25) is 0 Å². The van der Waals surface area contributed by atoms with Crippen molar-refractivity contribution in [2.45, 2.75) is 25.3 Å². The van der Waals surface area contributed by atoms with E-state index in [2.05, 4.69) is 41.8 Å². The Labute approximate surface area is 158 Å². The third-order valence-electron chi connectivity index (χ3n) is 4.96. The molecule has 3 aromatic rings. The van der Waals surface area contributed by atoms with Gasteiger partial charge in [-0.05, 0) is 44.2 Å². The zero-order valence-electron chi connectivity index (χ0n) is 16.0. The van der Waals surface area contributed by atoms with Gasteiger partial charge >= 0.3 is 0 Å². The van der Waals surface area contributed by atoms with Crippen LogP contribution in [0.3, 0.4) is 0 Å². The quantitative estimate of drug-likeness (QED) is 0.685. The Balaban J connectivity index is 1.51. The van der Waals surface area contributed by atoms with Gasteiger partial charge in [-0.15, -0.1) is 10.2 Å². The van der Waals surface area contributed by atoms with E-state index in [-0.39, 0.29) is 0 Å². The monoisotopic (exact) mass is 367 g/mol. The lowest BCUT2D eigenvalue weighted by molar-refractivity contribution is 0.381. The van der Waals surface area contributed by atoms with Crippen LogP contribution in [0.5, 0.6) is 0 Å². The first kappa shape index (κ1) is 17.7. The van der Waals surface area contributed by atoms with Crippen molar-refractivity contribution in [3.8, 4) is 11.5 Å². The van der Waals surface area contributed by atoms with Gasteiger partial charge in [-0.3, -0.25) is 0 Å². The molecular weight excluding hydrogens is 342 g/mol. The molecule has 0 radical (unpaired) electrons. The zero-order chi connectivity index (χ0) is 18.8. The zero-order valence-corrected chi connectivity index (χ0v) is 16.0. The molecule has 142 valence electrons. The largest absolute Gasteiger partial charge is 0.337 e. The number of hydrogen-bond acceptors (Lipinski definition) is 7. The summed E-state index contributed by atoms with van der Waals surface area (Å²) in [7, 11) is 6.13. The van der Waals surface area contributed by atoms with E-state index in [4.69, 9.17) is 4.52 Å². The summed E-state index contributed by atoms with van der Waals surface area (Å²) in [5.74, 6) is 3.53. The van der Waals surface area contributed by atoms with Crippen molar-refractivity contribution in [3.05, 3.63) is 42.0 Å². The van der Waals surface area contributed by atoms with E-state index in [1.807, 2.05) is 44.4 Å². The molecule has 0 spiro atoms. The summed E-state index contributed by atoms with van der Waals surface area (Å²) in [5, 5.41) is 13.0. The highest BCUT2D eigenvalue weighted by Gasteiger charge is 2.28. The highest BCUT2D eigenvalue weighted by Crippen LogP contribution is 2.29. The number of nitrogens with zero attached hydrogens (tertiary/aromatic N) is 7. The molecule has 0 unspecified atom stereocenters. The number of aromatic nitrogens is 5. The molecule has 0 amide bonds. The third kappa shape index (κ3) is 3.71. The average molecular weight is 367 g/mol. The second-order valence-electron chi connectivity index (χ2n) is 7.32. The molecule has 1 aliphatic heterocycles. The molecule has 1 aliphatic rings. The van der Waals surface area contributed by atoms with Gasteiger partial charge in [0.15, 0.2) is 0 Å². The third-order valence-corrected chi connectivity index (χ3v) is 4.96. The van der Waals surface area contributed by atoms with Crippen molar-refractivity contribution in [1.82, 2.24) is 29.8 Å². The lowest BCUT2D eigenvalue weighted by Crippen LogP contribution is -2.36. The van der Waals surface area contributed by atoms with Crippen LogP contribution in [0.4, 0.5) is 5.95 Å². The van der Waals surface area contributed by atoms with Gasteiger partial charge in [0.2, 0.25) is 0 Å². The van der Waals surface area contributed by atoms with E-state index in [9.17, 15) is 0 Å². The summed E-state index contributed by atoms with van der Waals surface area (Å²) < 4.78 is 7.60. The van der Waals surface area contributed by atoms with Crippen molar-refractivity contribution in [1.29, 1.82) is 0 Å². The lowest BCUT2D eigenvalue weighted by atomic mass is 9.97. The van der Waals surface area contributed by atoms with Gasteiger partial charge in [0.1, 0.15) is 11.6 Å². The number of rotatable bonds is 5. The average Bonchev–Trinajstić information content (AvgIpc) is 3.30. The predicted octanol–water partition coefficient (Wildman–Crippen LogP) is 2.31. The first-order chi connectivity index (χ1) is 13.1. The molecule has 0 aliphatic carbocycles. The standard InChI is InChI=1S/C19H25N7O/c1-24(2)13-16-21-22-17(25(16)3)15-10-7-11-26(12-15)19-20-18(27-23-19)14-8-5-4-6-9-14/h4-6,8-9,15H,7,10-13H2,1-3H3/t15-/m1/s1. The summed E-state index contributed by atoms with van der Waals surface area (Å²) in [6, 6.07) is 9.86. The van der Waals surface area contributed by atoms with Crippen molar-refractivity contribution in [2.24, 2.45) is 7.05 Å². The van der Waals surface area contributed by atoms with Gasteiger partial charge in [0.25, 0.3) is 11.8 Å². The smallest absolute Gasteiger partial charge is 0.266 e. The van der Waals surface area contributed by atoms with Crippen molar-refractivity contribution < 1.29 is 4.52 Å². The van der Waals surface area contributed by atoms with Gasteiger partial charge in [-0.1, -0.05) is 18.2 Å². The maximum Gasteiger partial charge on any atom is 0.266 e. The minimum atomic E-state index is 0.311. The Morgan fingerprint density at radius 2 is 2.00 bits per heavy atom. The van der Waals surface area contributed by atoms with Gasteiger partial charge < -0.3 is 18.9 Å².